The molecule has 18 heavy (non-hydrogen) atoms. The van der Waals surface area contributed by atoms with Crippen LogP contribution < -0.4 is 0 Å². The van der Waals surface area contributed by atoms with Crippen molar-refractivity contribution in [1.82, 2.24) is 0 Å². The average Bonchev–Trinajstić information content (AvgIpc) is 2.41. The first-order valence-electron chi connectivity index (χ1n) is 6.58. The van der Waals surface area contributed by atoms with Gasteiger partial charge in [0.1, 0.15) is 12.5 Å². The van der Waals surface area contributed by atoms with Crippen LogP contribution in [0.3, 0.4) is 0 Å². The Morgan fingerprint density at radius 1 is 1.17 bits per heavy atom. The molecule has 0 saturated heterocycles. The van der Waals surface area contributed by atoms with E-state index in [4.69, 9.17) is 4.74 Å². The average molecular weight is 242 g/mol. The van der Waals surface area contributed by atoms with Crippen LogP contribution >= 0.6 is 0 Å². The van der Waals surface area contributed by atoms with E-state index in [1.54, 1.807) is 0 Å². The van der Waals surface area contributed by atoms with E-state index in [1.807, 2.05) is 30.3 Å². The fourth-order valence-electron chi connectivity index (χ4n) is 2.15. The first-order valence-corrected chi connectivity index (χ1v) is 6.58. The molecule has 1 aromatic rings. The molecule has 1 aliphatic carbocycles. The van der Waals surface area contributed by atoms with Crippen molar-refractivity contribution in [1.29, 1.82) is 0 Å². The largest absolute Gasteiger partial charge is 0.462 e. The highest BCUT2D eigenvalue weighted by Gasteiger charge is 2.16. The number of ether oxygens (including phenoxy) is 1. The number of rotatable bonds is 2. The monoisotopic (exact) mass is 242 g/mol. The third-order valence-corrected chi connectivity index (χ3v) is 3.09. The van der Waals surface area contributed by atoms with Gasteiger partial charge in [0.05, 0.1) is 0 Å². The highest BCUT2D eigenvalue weighted by Crippen LogP contribution is 2.20. The Labute approximate surface area is 108 Å². The summed E-state index contributed by atoms with van der Waals surface area (Å²) in [5.74, 6) is 5.64. The summed E-state index contributed by atoms with van der Waals surface area (Å²) in [6, 6.07) is 9.68. The van der Waals surface area contributed by atoms with Crippen LogP contribution in [0.2, 0.25) is 0 Å². The number of carbonyl (C=O) groups excluding carboxylic acids is 1. The van der Waals surface area contributed by atoms with Crippen LogP contribution in [0.1, 0.15) is 44.1 Å². The van der Waals surface area contributed by atoms with Gasteiger partial charge in [-0.3, -0.25) is 4.79 Å². The summed E-state index contributed by atoms with van der Waals surface area (Å²) in [4.78, 5) is 11.6. The maximum Gasteiger partial charge on any atom is 0.318 e. The van der Waals surface area contributed by atoms with E-state index in [1.165, 1.54) is 19.3 Å². The van der Waals surface area contributed by atoms with Gasteiger partial charge >= 0.3 is 5.97 Å². The Bertz CT molecular complexity index is 433. The zero-order valence-electron chi connectivity index (χ0n) is 10.5. The van der Waals surface area contributed by atoms with Crippen molar-refractivity contribution in [2.75, 3.05) is 0 Å². The van der Waals surface area contributed by atoms with Gasteiger partial charge in [-0.2, -0.15) is 0 Å². The molecule has 0 heterocycles. The smallest absolute Gasteiger partial charge is 0.318 e. The second kappa shape index (κ2) is 6.86. The highest BCUT2D eigenvalue weighted by atomic mass is 16.5. The molecule has 0 aromatic heterocycles. The predicted molar refractivity (Wildman–Crippen MR) is 70.9 cm³/mol. The molecule has 0 spiro atoms. The molecule has 1 aromatic carbocycles. The van der Waals surface area contributed by atoms with E-state index in [0.29, 0.717) is 0 Å². The van der Waals surface area contributed by atoms with Gasteiger partial charge in [0, 0.05) is 5.56 Å². The van der Waals surface area contributed by atoms with Crippen molar-refractivity contribution in [3.63, 3.8) is 0 Å². The quantitative estimate of drug-likeness (QED) is 0.587. The molecule has 0 amide bonds. The van der Waals surface area contributed by atoms with Crippen LogP contribution in [0.15, 0.2) is 30.3 Å². The van der Waals surface area contributed by atoms with E-state index in [-0.39, 0.29) is 18.5 Å². The Hall–Kier alpha value is -1.75. The summed E-state index contributed by atoms with van der Waals surface area (Å²) in [5, 5.41) is 0. The molecule has 1 saturated carbocycles. The molecule has 1 aliphatic rings. The van der Waals surface area contributed by atoms with Crippen LogP contribution in [0.4, 0.5) is 0 Å². The Morgan fingerprint density at radius 3 is 2.61 bits per heavy atom. The summed E-state index contributed by atoms with van der Waals surface area (Å²) in [7, 11) is 0. The zero-order valence-corrected chi connectivity index (χ0v) is 10.5. The Kier molecular flexibility index (Phi) is 4.84. The molecule has 0 atom stereocenters. The first kappa shape index (κ1) is 12.7. The molecule has 0 radical (unpaired) electrons. The lowest BCUT2D eigenvalue weighted by atomic mass is 9.98. The van der Waals surface area contributed by atoms with Gasteiger partial charge in [-0.25, -0.2) is 0 Å². The van der Waals surface area contributed by atoms with Crippen LogP contribution in [-0.2, 0) is 9.53 Å². The predicted octanol–water partition coefficient (Wildman–Crippen LogP) is 3.30. The molecule has 0 N–H and O–H groups in total. The Morgan fingerprint density at radius 2 is 1.89 bits per heavy atom. The van der Waals surface area contributed by atoms with Crippen LogP contribution in [0.25, 0.3) is 0 Å². The zero-order chi connectivity index (χ0) is 12.6. The molecular formula is C16H18O2. The Balaban J connectivity index is 1.76. The van der Waals surface area contributed by atoms with E-state index in [2.05, 4.69) is 11.8 Å². The summed E-state index contributed by atoms with van der Waals surface area (Å²) in [5.41, 5.74) is 0.933. The second-order valence-electron chi connectivity index (χ2n) is 4.59. The summed E-state index contributed by atoms with van der Waals surface area (Å²) in [6.45, 7) is 0. The summed E-state index contributed by atoms with van der Waals surface area (Å²) >= 11 is 0. The molecule has 2 rings (SSSR count). The SMILES string of the molecule is O=C(CC#Cc1ccccc1)OC1CCCCC1. The molecule has 0 unspecified atom stereocenters. The lowest BCUT2D eigenvalue weighted by Crippen LogP contribution is -2.20. The number of carbonyl (C=O) groups is 1. The fraction of sp³-hybridized carbons (Fsp3) is 0.438. The molecule has 0 bridgehead atoms. The number of hydrogen-bond acceptors (Lipinski definition) is 2. The van der Waals surface area contributed by atoms with Crippen molar-refractivity contribution in [2.24, 2.45) is 0 Å². The molecule has 2 nitrogen and oxygen atoms in total. The number of benzene rings is 1. The van der Waals surface area contributed by atoms with Crippen molar-refractivity contribution in [2.45, 2.75) is 44.6 Å². The number of esters is 1. The van der Waals surface area contributed by atoms with E-state index in [0.717, 1.165) is 18.4 Å². The molecule has 1 fully saturated rings. The van der Waals surface area contributed by atoms with E-state index < -0.39 is 0 Å². The summed E-state index contributed by atoms with van der Waals surface area (Å²) in [6.07, 6.45) is 5.95. The molecule has 2 heteroatoms. The van der Waals surface area contributed by atoms with Gasteiger partial charge in [0.25, 0.3) is 0 Å². The van der Waals surface area contributed by atoms with Gasteiger partial charge in [-0.05, 0) is 37.8 Å². The molecule has 0 aliphatic heterocycles. The minimum atomic E-state index is -0.190. The minimum Gasteiger partial charge on any atom is -0.462 e. The maximum absolute atomic E-state index is 11.6. The molecular weight excluding hydrogens is 224 g/mol. The van der Waals surface area contributed by atoms with Crippen molar-refractivity contribution < 1.29 is 9.53 Å². The van der Waals surface area contributed by atoms with Gasteiger partial charge in [0.15, 0.2) is 0 Å². The van der Waals surface area contributed by atoms with Gasteiger partial charge in [0.2, 0.25) is 0 Å². The van der Waals surface area contributed by atoms with Crippen LogP contribution in [-0.4, -0.2) is 12.1 Å². The third-order valence-electron chi connectivity index (χ3n) is 3.09. The first-order chi connectivity index (χ1) is 8.84. The van der Waals surface area contributed by atoms with Gasteiger partial charge in [-0.15, -0.1) is 0 Å². The maximum atomic E-state index is 11.6. The minimum absolute atomic E-state index is 0.129. The van der Waals surface area contributed by atoms with Gasteiger partial charge < -0.3 is 4.74 Å². The van der Waals surface area contributed by atoms with Gasteiger partial charge in [-0.1, -0.05) is 36.5 Å². The number of hydrogen-bond donors (Lipinski definition) is 0. The standard InChI is InChI=1S/C16H18O2/c17-16(18-15-11-5-2-6-12-15)13-7-10-14-8-3-1-4-9-14/h1,3-4,8-9,15H,2,5-6,11-13H2. The fourth-order valence-corrected chi connectivity index (χ4v) is 2.15. The molecule has 94 valence electrons. The lowest BCUT2D eigenvalue weighted by Gasteiger charge is -2.21. The van der Waals surface area contributed by atoms with Crippen LogP contribution in [0.5, 0.6) is 0 Å². The second-order valence-corrected chi connectivity index (χ2v) is 4.59. The van der Waals surface area contributed by atoms with Crippen molar-refractivity contribution in [3.8, 4) is 11.8 Å². The van der Waals surface area contributed by atoms with E-state index in [9.17, 15) is 4.79 Å². The summed E-state index contributed by atoms with van der Waals surface area (Å²) < 4.78 is 5.39. The topological polar surface area (TPSA) is 26.3 Å². The lowest BCUT2D eigenvalue weighted by molar-refractivity contribution is -0.149. The van der Waals surface area contributed by atoms with Crippen LogP contribution in [0, 0.1) is 11.8 Å². The van der Waals surface area contributed by atoms with E-state index >= 15 is 0 Å². The highest BCUT2D eigenvalue weighted by molar-refractivity contribution is 5.72. The van der Waals surface area contributed by atoms with Crippen molar-refractivity contribution >= 4 is 5.97 Å². The normalized spacial score (nSPS) is 15.6. The third kappa shape index (κ3) is 4.25. The van der Waals surface area contributed by atoms with Crippen molar-refractivity contribution in [3.05, 3.63) is 35.9 Å².